The van der Waals surface area contributed by atoms with Gasteiger partial charge in [-0.15, -0.1) is 0 Å². The molecule has 2 saturated heterocycles. The molecule has 0 aromatic rings. The summed E-state index contributed by atoms with van der Waals surface area (Å²) in [5, 5.41) is 0. The summed E-state index contributed by atoms with van der Waals surface area (Å²) in [6, 6.07) is 0. The molecule has 0 amide bonds. The Bertz CT molecular complexity index is 481. The van der Waals surface area contributed by atoms with Crippen molar-refractivity contribution in [3.63, 3.8) is 0 Å². The van der Waals surface area contributed by atoms with Crippen molar-refractivity contribution in [2.75, 3.05) is 13.2 Å². The second-order valence-electron chi connectivity index (χ2n) is 9.60. The SMILES string of the molecule is C[C@@H]1C2(C[C@H]3C(C)(C)CCC[C@]3(C)[C@@]13CC[C@H](C)O3)OCCO2. The number of hydrogen-bond acceptors (Lipinski definition) is 3. The van der Waals surface area contributed by atoms with E-state index in [9.17, 15) is 0 Å². The molecule has 2 aliphatic carbocycles. The smallest absolute Gasteiger partial charge is 0.174 e. The Kier molecular flexibility index (Phi) is 3.52. The molecule has 132 valence electrons. The van der Waals surface area contributed by atoms with Gasteiger partial charge in [0.25, 0.3) is 0 Å². The monoisotopic (exact) mass is 322 g/mol. The van der Waals surface area contributed by atoms with E-state index in [2.05, 4.69) is 34.6 Å². The van der Waals surface area contributed by atoms with E-state index in [0.717, 1.165) is 26.1 Å². The average molecular weight is 322 g/mol. The lowest BCUT2D eigenvalue weighted by Gasteiger charge is -2.66. The third-order valence-corrected chi connectivity index (χ3v) is 8.15. The first kappa shape index (κ1) is 16.4. The van der Waals surface area contributed by atoms with Crippen molar-refractivity contribution in [1.82, 2.24) is 0 Å². The highest BCUT2D eigenvalue weighted by Gasteiger charge is 2.71. The van der Waals surface area contributed by atoms with Gasteiger partial charge < -0.3 is 14.2 Å². The number of rotatable bonds is 0. The van der Waals surface area contributed by atoms with Crippen LogP contribution in [0.3, 0.4) is 0 Å². The second-order valence-corrected chi connectivity index (χ2v) is 9.60. The lowest BCUT2D eigenvalue weighted by atomic mass is 9.43. The van der Waals surface area contributed by atoms with Gasteiger partial charge >= 0.3 is 0 Å². The van der Waals surface area contributed by atoms with Crippen LogP contribution in [-0.2, 0) is 14.2 Å². The Labute approximate surface area is 141 Å². The average Bonchev–Trinajstić information content (AvgIpc) is 3.09. The minimum absolute atomic E-state index is 0.0859. The van der Waals surface area contributed by atoms with Crippen molar-refractivity contribution in [3.8, 4) is 0 Å². The molecule has 0 radical (unpaired) electrons. The Balaban J connectivity index is 1.84. The second kappa shape index (κ2) is 4.95. The maximum atomic E-state index is 6.79. The largest absolute Gasteiger partial charge is 0.371 e. The minimum atomic E-state index is -0.414. The van der Waals surface area contributed by atoms with Crippen LogP contribution in [0.4, 0.5) is 0 Å². The van der Waals surface area contributed by atoms with E-state index in [1.165, 1.54) is 25.7 Å². The lowest BCUT2D eigenvalue weighted by Crippen LogP contribution is -2.69. The maximum Gasteiger partial charge on any atom is 0.174 e. The Morgan fingerprint density at radius 3 is 2.22 bits per heavy atom. The molecule has 4 aliphatic rings. The molecule has 2 heterocycles. The van der Waals surface area contributed by atoms with Crippen LogP contribution in [0, 0.1) is 22.7 Å². The van der Waals surface area contributed by atoms with Gasteiger partial charge in [-0.05, 0) is 43.9 Å². The summed E-state index contributed by atoms with van der Waals surface area (Å²) >= 11 is 0. The zero-order valence-corrected chi connectivity index (χ0v) is 15.6. The quantitative estimate of drug-likeness (QED) is 0.655. The predicted molar refractivity (Wildman–Crippen MR) is 90.2 cm³/mol. The highest BCUT2D eigenvalue weighted by Crippen LogP contribution is 2.69. The van der Waals surface area contributed by atoms with Gasteiger partial charge in [-0.3, -0.25) is 0 Å². The molecule has 23 heavy (non-hydrogen) atoms. The van der Waals surface area contributed by atoms with E-state index < -0.39 is 5.79 Å². The van der Waals surface area contributed by atoms with Gasteiger partial charge in [0.05, 0.1) is 24.9 Å². The van der Waals surface area contributed by atoms with E-state index in [1.807, 2.05) is 0 Å². The third-order valence-electron chi connectivity index (χ3n) is 8.15. The third kappa shape index (κ3) is 1.99. The summed E-state index contributed by atoms with van der Waals surface area (Å²) in [7, 11) is 0. The molecule has 0 unspecified atom stereocenters. The van der Waals surface area contributed by atoms with E-state index >= 15 is 0 Å². The lowest BCUT2D eigenvalue weighted by molar-refractivity contribution is -0.331. The van der Waals surface area contributed by atoms with Crippen LogP contribution in [0.1, 0.15) is 73.1 Å². The van der Waals surface area contributed by atoms with Crippen molar-refractivity contribution in [3.05, 3.63) is 0 Å². The topological polar surface area (TPSA) is 27.7 Å². The summed E-state index contributed by atoms with van der Waals surface area (Å²) in [6.45, 7) is 13.5. The molecule has 2 saturated carbocycles. The summed E-state index contributed by atoms with van der Waals surface area (Å²) in [6.07, 6.45) is 7.64. The zero-order valence-electron chi connectivity index (χ0n) is 15.6. The molecule has 4 fully saturated rings. The fourth-order valence-electron chi connectivity index (χ4n) is 6.91. The van der Waals surface area contributed by atoms with Gasteiger partial charge in [0.2, 0.25) is 0 Å². The minimum Gasteiger partial charge on any atom is -0.371 e. The fraction of sp³-hybridized carbons (Fsp3) is 1.00. The predicted octanol–water partition coefficient (Wildman–Crippen LogP) is 4.54. The maximum absolute atomic E-state index is 6.79. The van der Waals surface area contributed by atoms with Gasteiger partial charge in [-0.1, -0.05) is 34.1 Å². The molecular weight excluding hydrogens is 288 g/mol. The van der Waals surface area contributed by atoms with E-state index in [1.54, 1.807) is 0 Å². The molecule has 3 nitrogen and oxygen atoms in total. The summed E-state index contributed by atoms with van der Waals surface area (Å²) in [4.78, 5) is 0. The van der Waals surface area contributed by atoms with Crippen molar-refractivity contribution in [2.24, 2.45) is 22.7 Å². The Morgan fingerprint density at radius 2 is 1.61 bits per heavy atom. The Hall–Kier alpha value is -0.120. The summed E-state index contributed by atoms with van der Waals surface area (Å²) in [5.74, 6) is 0.490. The highest BCUT2D eigenvalue weighted by molar-refractivity contribution is 5.18. The van der Waals surface area contributed by atoms with Crippen LogP contribution in [-0.4, -0.2) is 30.7 Å². The molecule has 2 aliphatic heterocycles. The molecule has 2 spiro atoms. The van der Waals surface area contributed by atoms with E-state index in [0.29, 0.717) is 23.4 Å². The summed E-state index contributed by atoms with van der Waals surface area (Å²) in [5.41, 5.74) is 0.481. The zero-order chi connectivity index (χ0) is 16.5. The first-order valence-corrected chi connectivity index (χ1v) is 9.72. The highest BCUT2D eigenvalue weighted by atomic mass is 16.7. The van der Waals surface area contributed by atoms with Crippen molar-refractivity contribution in [1.29, 1.82) is 0 Å². The van der Waals surface area contributed by atoms with Crippen LogP contribution < -0.4 is 0 Å². The molecular formula is C20H34O3. The normalized spacial score (nSPS) is 51.3. The van der Waals surface area contributed by atoms with Crippen LogP contribution in [0.25, 0.3) is 0 Å². The van der Waals surface area contributed by atoms with Gasteiger partial charge in [0.1, 0.15) is 0 Å². The number of ether oxygens (including phenoxy) is 3. The van der Waals surface area contributed by atoms with Crippen LogP contribution in [0.15, 0.2) is 0 Å². The van der Waals surface area contributed by atoms with Gasteiger partial charge in [0, 0.05) is 17.8 Å². The molecule has 0 bridgehead atoms. The first-order valence-electron chi connectivity index (χ1n) is 9.72. The van der Waals surface area contributed by atoms with Crippen molar-refractivity contribution >= 4 is 0 Å². The van der Waals surface area contributed by atoms with E-state index in [4.69, 9.17) is 14.2 Å². The van der Waals surface area contributed by atoms with Crippen LogP contribution in [0.2, 0.25) is 0 Å². The fourth-order valence-corrected chi connectivity index (χ4v) is 6.91. The van der Waals surface area contributed by atoms with Crippen LogP contribution >= 0.6 is 0 Å². The number of fused-ring (bicyclic) bond motifs is 2. The standard InChI is InChI=1S/C20H34O3/c1-14-7-10-19(23-14)15(2)20(21-11-12-22-20)13-16-17(3,4)8-6-9-18(16,19)5/h14-16H,6-13H2,1-5H3/t14-,15-,16-,18-,19+/m0/s1. The molecule has 5 atom stereocenters. The molecule has 0 aromatic heterocycles. The van der Waals surface area contributed by atoms with E-state index in [-0.39, 0.29) is 11.0 Å². The first-order chi connectivity index (χ1) is 10.8. The Morgan fingerprint density at radius 1 is 0.913 bits per heavy atom. The van der Waals surface area contributed by atoms with Crippen molar-refractivity contribution < 1.29 is 14.2 Å². The molecule has 0 N–H and O–H groups in total. The van der Waals surface area contributed by atoms with Crippen molar-refractivity contribution in [2.45, 2.75) is 90.6 Å². The molecule has 3 heteroatoms. The number of hydrogen-bond donors (Lipinski definition) is 0. The van der Waals surface area contributed by atoms with Gasteiger partial charge in [-0.25, -0.2) is 0 Å². The van der Waals surface area contributed by atoms with Gasteiger partial charge in [0.15, 0.2) is 5.79 Å². The molecule has 4 rings (SSSR count). The summed E-state index contributed by atoms with van der Waals surface area (Å²) < 4.78 is 19.4. The van der Waals surface area contributed by atoms with Gasteiger partial charge in [-0.2, -0.15) is 0 Å². The van der Waals surface area contributed by atoms with Crippen LogP contribution in [0.5, 0.6) is 0 Å². The molecule has 0 aromatic carbocycles.